The fourth-order valence-electron chi connectivity index (χ4n) is 1.12. The molecule has 0 saturated carbocycles. The van der Waals surface area contributed by atoms with Crippen LogP contribution in [0.2, 0.25) is 0 Å². The number of ether oxygens (including phenoxy) is 2. The predicted octanol–water partition coefficient (Wildman–Crippen LogP) is 2.20. The number of aliphatic hydroxyl groups is 1. The molecule has 0 fully saturated rings. The molecule has 0 spiro atoms. The molecular weight excluding hydrogens is 340 g/mol. The maximum Gasteiger partial charge on any atom is 0.329 e. The van der Waals surface area contributed by atoms with E-state index in [1.807, 2.05) is 6.92 Å². The first-order chi connectivity index (χ1) is 11.4. The van der Waals surface area contributed by atoms with E-state index in [0.29, 0.717) is 6.42 Å². The van der Waals surface area contributed by atoms with Gasteiger partial charge in [0, 0.05) is 25.2 Å². The van der Waals surface area contributed by atoms with E-state index < -0.39 is 5.97 Å². The van der Waals surface area contributed by atoms with Crippen LogP contribution >= 0.6 is 0 Å². The number of nitriles is 2. The lowest BCUT2D eigenvalue weighted by Gasteiger charge is -2.11. The number of allylic oxidation sites excluding steroid dienone is 1. The van der Waals surface area contributed by atoms with Gasteiger partial charge >= 0.3 is 11.9 Å². The third-order valence-electron chi connectivity index (χ3n) is 2.38. The van der Waals surface area contributed by atoms with Crippen molar-refractivity contribution < 1.29 is 29.6 Å². The highest BCUT2D eigenvalue weighted by Gasteiger charge is 2.17. The Morgan fingerprint density at radius 1 is 1.19 bits per heavy atom. The highest BCUT2D eigenvalue weighted by Crippen LogP contribution is 2.15. The molecular formula is C18H34N2O6. The fraction of sp³-hybridized carbons (Fsp3) is 0.556. The molecule has 0 aromatic rings. The third-order valence-corrected chi connectivity index (χ3v) is 2.38. The maximum atomic E-state index is 10.9. The van der Waals surface area contributed by atoms with E-state index in [4.69, 9.17) is 15.6 Å². The molecule has 26 heavy (non-hydrogen) atoms. The summed E-state index contributed by atoms with van der Waals surface area (Å²) in [6.07, 6.45) is 3.68. The summed E-state index contributed by atoms with van der Waals surface area (Å²) < 4.78 is 8.70. The largest absolute Gasteiger partial charge is 0.469 e. The summed E-state index contributed by atoms with van der Waals surface area (Å²) in [5, 5.41) is 23.1. The van der Waals surface area contributed by atoms with Gasteiger partial charge in [-0.1, -0.05) is 34.4 Å². The lowest BCUT2D eigenvalue weighted by Crippen LogP contribution is -2.15. The smallest absolute Gasteiger partial charge is 0.329 e. The van der Waals surface area contributed by atoms with Gasteiger partial charge in [-0.3, -0.25) is 4.79 Å². The molecule has 0 aliphatic rings. The second-order valence-electron chi connectivity index (χ2n) is 3.95. The van der Waals surface area contributed by atoms with Crippen molar-refractivity contribution in [3.63, 3.8) is 0 Å². The first-order valence-corrected chi connectivity index (χ1v) is 7.01. The average Bonchev–Trinajstić information content (AvgIpc) is 2.66. The van der Waals surface area contributed by atoms with Gasteiger partial charge in [0.2, 0.25) is 0 Å². The molecule has 0 aliphatic heterocycles. The molecule has 0 aliphatic carbocycles. The van der Waals surface area contributed by atoms with Gasteiger partial charge in [-0.25, -0.2) is 4.79 Å². The van der Waals surface area contributed by atoms with Crippen molar-refractivity contribution in [1.82, 2.24) is 0 Å². The first kappa shape index (κ1) is 38.7. The molecule has 0 aromatic carbocycles. The molecule has 3 N–H and O–H groups in total. The van der Waals surface area contributed by atoms with Crippen molar-refractivity contribution in [2.45, 2.75) is 34.1 Å². The van der Waals surface area contributed by atoms with Gasteiger partial charge in [-0.15, -0.1) is 0 Å². The first-order valence-electron chi connectivity index (χ1n) is 7.01. The van der Waals surface area contributed by atoms with Gasteiger partial charge < -0.3 is 20.1 Å². The molecule has 2 atom stereocenters. The number of esters is 2. The Morgan fingerprint density at radius 2 is 1.62 bits per heavy atom. The number of carbonyl (C=O) groups is 2. The molecule has 8 nitrogen and oxygen atoms in total. The van der Waals surface area contributed by atoms with Crippen molar-refractivity contribution in [3.05, 3.63) is 25.3 Å². The zero-order valence-electron chi connectivity index (χ0n) is 15.6. The van der Waals surface area contributed by atoms with E-state index in [0.717, 1.165) is 19.6 Å². The summed E-state index contributed by atoms with van der Waals surface area (Å²) in [6.45, 7) is 10.0. The number of hydrogen-bond acceptors (Lipinski definition) is 7. The zero-order valence-corrected chi connectivity index (χ0v) is 15.6. The second-order valence-corrected chi connectivity index (χ2v) is 3.95. The predicted molar refractivity (Wildman–Crippen MR) is 102 cm³/mol. The van der Waals surface area contributed by atoms with E-state index in [2.05, 4.69) is 28.7 Å². The molecule has 0 heterocycles. The summed E-state index contributed by atoms with van der Waals surface area (Å²) in [4.78, 5) is 20.8. The summed E-state index contributed by atoms with van der Waals surface area (Å²) in [7, 11) is 3.68. The molecule has 2 unspecified atom stereocenters. The van der Waals surface area contributed by atoms with Crippen molar-refractivity contribution in [2.75, 3.05) is 21.3 Å². The van der Waals surface area contributed by atoms with Crippen LogP contribution in [0.25, 0.3) is 0 Å². The van der Waals surface area contributed by atoms with Crippen LogP contribution < -0.4 is 0 Å². The van der Waals surface area contributed by atoms with Gasteiger partial charge in [-0.05, 0) is 12.8 Å². The van der Waals surface area contributed by atoms with Crippen molar-refractivity contribution in [2.24, 2.45) is 11.8 Å². The molecule has 8 heteroatoms. The molecule has 0 aromatic heterocycles. The highest BCUT2D eigenvalue weighted by molar-refractivity contribution is 5.80. The van der Waals surface area contributed by atoms with Gasteiger partial charge in [0.25, 0.3) is 0 Å². The Morgan fingerprint density at radius 3 is 1.77 bits per heavy atom. The number of methoxy groups -OCH3 is 2. The lowest BCUT2D eigenvalue weighted by atomic mass is 9.95. The summed E-state index contributed by atoms with van der Waals surface area (Å²) in [5.74, 6) is -0.822. The van der Waals surface area contributed by atoms with Crippen LogP contribution in [0.15, 0.2) is 25.3 Å². The molecule has 0 rings (SSSR count). The zero-order chi connectivity index (χ0) is 20.0. The van der Waals surface area contributed by atoms with Crippen LogP contribution in [0.5, 0.6) is 0 Å². The Labute approximate surface area is 157 Å². The Kier molecular flexibility index (Phi) is 50.4. The minimum atomic E-state index is -0.394. The van der Waals surface area contributed by atoms with Crippen LogP contribution in [-0.2, 0) is 19.1 Å². The van der Waals surface area contributed by atoms with Gasteiger partial charge in [0.1, 0.15) is 0 Å². The quantitative estimate of drug-likeness (QED) is 0.439. The van der Waals surface area contributed by atoms with E-state index >= 15 is 0 Å². The Hall–Kier alpha value is -2.68. The minimum Gasteiger partial charge on any atom is -0.469 e. The molecule has 0 amide bonds. The van der Waals surface area contributed by atoms with Crippen LogP contribution in [0.4, 0.5) is 0 Å². The standard InChI is InChI=1S/C9H15NO2.C4H6O2.C3H3N.CH4O.CH4.H2O/c1-4-8(6-10)5-7(2)9(11)12-3;1-3-4(5)6-2;1-2-3-4;1-2;;/h7-8H,4-5H2,1-3H3;3H,1H2,2H3;2H,1H2;2H,1H3;1H4;1H2. The SMILES string of the molecule is C.C=CC#N.C=CC(=O)OC.CCC(C#N)CC(C)C(=O)OC.CO.O. The Balaban J connectivity index is -0.0000000607. The fourth-order valence-corrected chi connectivity index (χ4v) is 1.12. The van der Waals surface area contributed by atoms with Gasteiger partial charge in [0.15, 0.2) is 0 Å². The van der Waals surface area contributed by atoms with E-state index in [1.165, 1.54) is 20.3 Å². The van der Waals surface area contributed by atoms with Crippen LogP contribution in [0.3, 0.4) is 0 Å². The normalized spacial score (nSPS) is 9.08. The summed E-state index contributed by atoms with van der Waals surface area (Å²) >= 11 is 0. The molecule has 0 saturated heterocycles. The third kappa shape index (κ3) is 33.1. The summed E-state index contributed by atoms with van der Waals surface area (Å²) in [5.41, 5.74) is 0. The second kappa shape index (κ2) is 33.8. The van der Waals surface area contributed by atoms with Gasteiger partial charge in [-0.2, -0.15) is 10.5 Å². The van der Waals surface area contributed by atoms with E-state index in [9.17, 15) is 9.59 Å². The van der Waals surface area contributed by atoms with E-state index in [1.54, 1.807) is 13.0 Å². The number of rotatable bonds is 5. The number of nitrogens with zero attached hydrogens (tertiary/aromatic N) is 2. The van der Waals surface area contributed by atoms with Crippen LogP contribution in [0.1, 0.15) is 34.1 Å². The summed E-state index contributed by atoms with van der Waals surface area (Å²) in [6, 6.07) is 3.85. The molecule has 0 bridgehead atoms. The molecule has 152 valence electrons. The number of aliphatic hydroxyl groups excluding tert-OH is 1. The van der Waals surface area contributed by atoms with Crippen molar-refractivity contribution in [3.8, 4) is 12.1 Å². The number of hydrogen-bond donors (Lipinski definition) is 1. The van der Waals surface area contributed by atoms with Crippen molar-refractivity contribution >= 4 is 11.9 Å². The van der Waals surface area contributed by atoms with E-state index in [-0.39, 0.29) is 30.7 Å². The highest BCUT2D eigenvalue weighted by atomic mass is 16.5. The van der Waals surface area contributed by atoms with Crippen LogP contribution in [-0.4, -0.2) is 43.9 Å². The Bertz CT molecular complexity index is 424. The maximum absolute atomic E-state index is 10.9. The number of carbonyl (C=O) groups excluding carboxylic acids is 2. The van der Waals surface area contributed by atoms with Crippen molar-refractivity contribution in [1.29, 1.82) is 10.5 Å². The lowest BCUT2D eigenvalue weighted by molar-refractivity contribution is -0.145. The van der Waals surface area contributed by atoms with Crippen LogP contribution in [0, 0.1) is 34.5 Å². The minimum absolute atomic E-state index is 0. The molecule has 0 radical (unpaired) electrons. The monoisotopic (exact) mass is 374 g/mol. The average molecular weight is 374 g/mol. The topological polar surface area (TPSA) is 152 Å². The van der Waals surface area contributed by atoms with Gasteiger partial charge in [0.05, 0.1) is 32.3 Å².